The second-order valence-electron chi connectivity index (χ2n) is 6.28. The van der Waals surface area contributed by atoms with Crippen molar-refractivity contribution in [3.05, 3.63) is 45.9 Å². The molecule has 0 fully saturated rings. The van der Waals surface area contributed by atoms with Gasteiger partial charge in [-0.1, -0.05) is 26.3 Å². The molecule has 1 heterocycles. The van der Waals surface area contributed by atoms with Crippen LogP contribution in [0.1, 0.15) is 61.1 Å². The zero-order valence-corrected chi connectivity index (χ0v) is 16.4. The van der Waals surface area contributed by atoms with Crippen molar-refractivity contribution < 1.29 is 9.53 Å². The number of thiazole rings is 1. The number of carbonyl (C=O) groups excluding carboxylic acids is 1. The Labute approximate surface area is 154 Å². The molecule has 0 aliphatic heterocycles. The molecule has 5 heteroatoms. The lowest BCUT2D eigenvalue weighted by Crippen LogP contribution is -2.39. The third-order valence-electron chi connectivity index (χ3n) is 4.27. The van der Waals surface area contributed by atoms with Crippen molar-refractivity contribution in [3.8, 4) is 5.75 Å². The topological polar surface area (TPSA) is 42.4 Å². The Balaban J connectivity index is 2.08. The van der Waals surface area contributed by atoms with Crippen LogP contribution >= 0.6 is 11.3 Å². The Bertz CT molecular complexity index is 684. The number of hydrogen-bond donors (Lipinski definition) is 0. The van der Waals surface area contributed by atoms with Crippen molar-refractivity contribution in [2.24, 2.45) is 0 Å². The van der Waals surface area contributed by atoms with Crippen LogP contribution in [0.3, 0.4) is 0 Å². The van der Waals surface area contributed by atoms with E-state index in [2.05, 4.69) is 25.8 Å². The largest absolute Gasteiger partial charge is 0.487 e. The molecule has 2 aromatic rings. The Morgan fingerprint density at radius 2 is 2.16 bits per heavy atom. The summed E-state index contributed by atoms with van der Waals surface area (Å²) in [5.74, 6) is 0.786. The maximum absolute atomic E-state index is 12.9. The average Bonchev–Trinajstić information content (AvgIpc) is 3.05. The van der Waals surface area contributed by atoms with Crippen LogP contribution in [0.25, 0.3) is 0 Å². The van der Waals surface area contributed by atoms with E-state index in [4.69, 9.17) is 4.74 Å². The highest BCUT2D eigenvalue weighted by molar-refractivity contribution is 7.09. The molecule has 0 bridgehead atoms. The van der Waals surface area contributed by atoms with Crippen molar-refractivity contribution >= 4 is 17.2 Å². The third-order valence-corrected chi connectivity index (χ3v) is 5.09. The number of aromatic nitrogens is 1. The van der Waals surface area contributed by atoms with Crippen LogP contribution in [0.15, 0.2) is 29.6 Å². The minimum absolute atomic E-state index is 0.0813. The molecule has 136 valence electrons. The summed E-state index contributed by atoms with van der Waals surface area (Å²) in [6.07, 6.45) is 3.06. The zero-order valence-electron chi connectivity index (χ0n) is 15.6. The fourth-order valence-electron chi connectivity index (χ4n) is 2.59. The average molecular weight is 361 g/mol. The fraction of sp³-hybridized carbons (Fsp3) is 0.500. The summed E-state index contributed by atoms with van der Waals surface area (Å²) in [5.41, 5.74) is 1.60. The van der Waals surface area contributed by atoms with Gasteiger partial charge in [0.25, 0.3) is 5.91 Å². The predicted octanol–water partition coefficient (Wildman–Crippen LogP) is 5.07. The molecule has 0 N–H and O–H groups in total. The van der Waals surface area contributed by atoms with Gasteiger partial charge in [-0.25, -0.2) is 4.98 Å². The standard InChI is InChI=1S/C20H28N2O2S/c1-5-7-11-22(15(3)6-2)20(23)17-9-8-10-19(12-17)24-13-18-14-25-16(4)21-18/h8-10,12,14-15H,5-7,11,13H2,1-4H3. The van der Waals surface area contributed by atoms with E-state index in [0.717, 1.165) is 36.5 Å². The molecule has 0 spiro atoms. The number of aryl methyl sites for hydroxylation is 1. The first kappa shape index (κ1) is 19.4. The number of ether oxygens (including phenoxy) is 1. The number of nitrogens with zero attached hydrogens (tertiary/aromatic N) is 2. The van der Waals surface area contributed by atoms with Gasteiger partial charge >= 0.3 is 0 Å². The molecule has 4 nitrogen and oxygen atoms in total. The lowest BCUT2D eigenvalue weighted by atomic mass is 10.1. The SMILES string of the molecule is CCCCN(C(=O)c1cccc(OCc2csc(C)n2)c1)C(C)CC. The summed E-state index contributed by atoms with van der Waals surface area (Å²) in [6, 6.07) is 7.70. The molecule has 1 aromatic heterocycles. The summed E-state index contributed by atoms with van der Waals surface area (Å²) in [4.78, 5) is 19.3. The number of benzene rings is 1. The quantitative estimate of drug-likeness (QED) is 0.627. The fourth-order valence-corrected chi connectivity index (χ4v) is 3.18. The van der Waals surface area contributed by atoms with Gasteiger partial charge in [0.15, 0.2) is 0 Å². The first-order valence-corrected chi connectivity index (χ1v) is 9.88. The first-order valence-electron chi connectivity index (χ1n) is 9.00. The van der Waals surface area contributed by atoms with Gasteiger partial charge in [0.1, 0.15) is 12.4 Å². The molecule has 1 amide bonds. The Kier molecular flexibility index (Phi) is 7.44. The van der Waals surface area contributed by atoms with E-state index < -0.39 is 0 Å². The molecule has 0 saturated carbocycles. The lowest BCUT2D eigenvalue weighted by molar-refractivity contribution is 0.0685. The second kappa shape index (κ2) is 9.56. The van der Waals surface area contributed by atoms with E-state index in [1.807, 2.05) is 41.5 Å². The van der Waals surface area contributed by atoms with Gasteiger partial charge in [0, 0.05) is 23.5 Å². The van der Waals surface area contributed by atoms with Crippen LogP contribution in [0, 0.1) is 6.92 Å². The van der Waals surface area contributed by atoms with Crippen molar-refractivity contribution in [2.75, 3.05) is 6.54 Å². The number of rotatable bonds is 9. The molecule has 1 unspecified atom stereocenters. The van der Waals surface area contributed by atoms with E-state index in [1.54, 1.807) is 11.3 Å². The molecule has 25 heavy (non-hydrogen) atoms. The zero-order chi connectivity index (χ0) is 18.2. The second-order valence-corrected chi connectivity index (χ2v) is 7.35. The Morgan fingerprint density at radius 3 is 2.80 bits per heavy atom. The predicted molar refractivity (Wildman–Crippen MR) is 103 cm³/mol. The Hall–Kier alpha value is -1.88. The van der Waals surface area contributed by atoms with Gasteiger partial charge in [0.05, 0.1) is 10.7 Å². The molecule has 1 aromatic carbocycles. The van der Waals surface area contributed by atoms with Crippen LogP contribution in [0.5, 0.6) is 5.75 Å². The van der Waals surface area contributed by atoms with Crippen molar-refractivity contribution in [1.82, 2.24) is 9.88 Å². The highest BCUT2D eigenvalue weighted by atomic mass is 32.1. The summed E-state index contributed by atoms with van der Waals surface area (Å²) < 4.78 is 5.82. The third kappa shape index (κ3) is 5.56. The van der Waals surface area contributed by atoms with Gasteiger partial charge in [-0.2, -0.15) is 0 Å². The number of unbranched alkanes of at least 4 members (excludes halogenated alkanes) is 1. The first-order chi connectivity index (χ1) is 12.0. The van der Waals surface area contributed by atoms with Crippen LogP contribution in [0.4, 0.5) is 0 Å². The summed E-state index contributed by atoms with van der Waals surface area (Å²) in [5, 5.41) is 3.03. The maximum Gasteiger partial charge on any atom is 0.254 e. The molecule has 0 aliphatic rings. The van der Waals surface area contributed by atoms with Gasteiger partial charge in [0.2, 0.25) is 0 Å². The molecule has 2 rings (SSSR count). The molecule has 0 radical (unpaired) electrons. The Morgan fingerprint density at radius 1 is 1.36 bits per heavy atom. The van der Waals surface area contributed by atoms with Crippen LogP contribution in [-0.4, -0.2) is 28.4 Å². The van der Waals surface area contributed by atoms with E-state index in [1.165, 1.54) is 0 Å². The van der Waals surface area contributed by atoms with Gasteiger partial charge < -0.3 is 9.64 Å². The lowest BCUT2D eigenvalue weighted by Gasteiger charge is -2.28. The smallest absolute Gasteiger partial charge is 0.254 e. The minimum Gasteiger partial charge on any atom is -0.487 e. The summed E-state index contributed by atoms with van der Waals surface area (Å²) in [7, 11) is 0. The number of hydrogen-bond acceptors (Lipinski definition) is 4. The van der Waals surface area contributed by atoms with E-state index in [9.17, 15) is 4.79 Å². The van der Waals surface area contributed by atoms with Gasteiger partial charge in [-0.05, 0) is 44.9 Å². The highest BCUT2D eigenvalue weighted by Gasteiger charge is 2.20. The maximum atomic E-state index is 12.9. The highest BCUT2D eigenvalue weighted by Crippen LogP contribution is 2.19. The summed E-state index contributed by atoms with van der Waals surface area (Å²) in [6.45, 7) is 9.58. The van der Waals surface area contributed by atoms with Crippen molar-refractivity contribution in [3.63, 3.8) is 0 Å². The van der Waals surface area contributed by atoms with E-state index in [-0.39, 0.29) is 11.9 Å². The van der Waals surface area contributed by atoms with Crippen molar-refractivity contribution in [2.45, 2.75) is 59.6 Å². The monoisotopic (exact) mass is 360 g/mol. The molecule has 1 atom stereocenters. The van der Waals surface area contributed by atoms with Crippen molar-refractivity contribution in [1.29, 1.82) is 0 Å². The molecule has 0 aliphatic carbocycles. The number of carbonyl (C=O) groups is 1. The van der Waals surface area contributed by atoms with Gasteiger partial charge in [-0.3, -0.25) is 4.79 Å². The van der Waals surface area contributed by atoms with E-state index >= 15 is 0 Å². The van der Waals surface area contributed by atoms with E-state index in [0.29, 0.717) is 17.9 Å². The van der Waals surface area contributed by atoms with Gasteiger partial charge in [-0.15, -0.1) is 11.3 Å². The number of amides is 1. The molecule has 0 saturated heterocycles. The molecular formula is C20H28N2O2S. The summed E-state index contributed by atoms with van der Waals surface area (Å²) >= 11 is 1.61. The minimum atomic E-state index is 0.0813. The van der Waals surface area contributed by atoms with Crippen LogP contribution in [-0.2, 0) is 6.61 Å². The van der Waals surface area contributed by atoms with Crippen LogP contribution in [0.2, 0.25) is 0 Å². The normalized spacial score (nSPS) is 12.0. The van der Waals surface area contributed by atoms with Crippen LogP contribution < -0.4 is 4.74 Å². The molecular weight excluding hydrogens is 332 g/mol.